The SMILES string of the molecule is CCc1nnc(NC(=O)c2cn(-c3ccccc3)nc2-c2cccs2)s1. The van der Waals surface area contributed by atoms with Gasteiger partial charge in [0.2, 0.25) is 5.13 Å². The molecule has 0 aliphatic heterocycles. The minimum absolute atomic E-state index is 0.241. The molecule has 0 bridgehead atoms. The zero-order valence-corrected chi connectivity index (χ0v) is 15.5. The molecule has 0 aliphatic carbocycles. The third-order valence-electron chi connectivity index (χ3n) is 3.72. The van der Waals surface area contributed by atoms with Gasteiger partial charge in [-0.1, -0.05) is 42.5 Å². The molecular weight excluding hydrogens is 366 g/mol. The van der Waals surface area contributed by atoms with Crippen LogP contribution >= 0.6 is 22.7 Å². The number of aryl methyl sites for hydroxylation is 1. The quantitative estimate of drug-likeness (QED) is 0.560. The van der Waals surface area contributed by atoms with Gasteiger partial charge >= 0.3 is 0 Å². The molecule has 0 saturated carbocycles. The van der Waals surface area contributed by atoms with Gasteiger partial charge in [-0.25, -0.2) is 4.68 Å². The lowest BCUT2D eigenvalue weighted by molar-refractivity contribution is 0.102. The molecular formula is C18H15N5OS2. The summed E-state index contributed by atoms with van der Waals surface area (Å²) < 4.78 is 1.72. The largest absolute Gasteiger partial charge is 0.296 e. The molecule has 0 aliphatic rings. The first kappa shape index (κ1) is 16.6. The van der Waals surface area contributed by atoms with Crippen LogP contribution in [0.4, 0.5) is 5.13 Å². The molecule has 1 amide bonds. The van der Waals surface area contributed by atoms with Gasteiger partial charge in [0.05, 0.1) is 16.1 Å². The van der Waals surface area contributed by atoms with Gasteiger partial charge in [-0.15, -0.1) is 21.5 Å². The van der Waals surface area contributed by atoms with Gasteiger partial charge in [0, 0.05) is 6.20 Å². The number of nitrogens with zero attached hydrogens (tertiary/aromatic N) is 4. The number of aromatic nitrogens is 4. The van der Waals surface area contributed by atoms with Crippen molar-refractivity contribution in [1.82, 2.24) is 20.0 Å². The smallest absolute Gasteiger partial charge is 0.261 e. The van der Waals surface area contributed by atoms with E-state index < -0.39 is 0 Å². The fraction of sp³-hybridized carbons (Fsp3) is 0.111. The second-order valence-corrected chi connectivity index (χ2v) is 7.47. The molecule has 4 aromatic rings. The number of amides is 1. The maximum atomic E-state index is 12.9. The first-order valence-corrected chi connectivity index (χ1v) is 9.77. The van der Waals surface area contributed by atoms with Crippen molar-refractivity contribution in [1.29, 1.82) is 0 Å². The highest BCUT2D eigenvalue weighted by atomic mass is 32.1. The highest BCUT2D eigenvalue weighted by Crippen LogP contribution is 2.28. The molecule has 1 aromatic carbocycles. The Kier molecular flexibility index (Phi) is 4.59. The monoisotopic (exact) mass is 381 g/mol. The molecule has 3 aromatic heterocycles. The number of benzene rings is 1. The molecule has 0 fully saturated rings. The summed E-state index contributed by atoms with van der Waals surface area (Å²) in [6.07, 6.45) is 2.54. The molecule has 0 radical (unpaired) electrons. The van der Waals surface area contributed by atoms with Crippen LogP contribution in [0, 0.1) is 0 Å². The van der Waals surface area contributed by atoms with Crippen LogP contribution in [0.3, 0.4) is 0 Å². The Morgan fingerprint density at radius 3 is 2.69 bits per heavy atom. The van der Waals surface area contributed by atoms with Crippen molar-refractivity contribution in [2.75, 3.05) is 5.32 Å². The molecule has 3 heterocycles. The van der Waals surface area contributed by atoms with Crippen molar-refractivity contribution in [3.8, 4) is 16.3 Å². The molecule has 1 N–H and O–H groups in total. The van der Waals surface area contributed by atoms with E-state index in [1.807, 2.05) is 54.8 Å². The predicted octanol–water partition coefficient (Wildman–Crippen LogP) is 4.27. The van der Waals surface area contributed by atoms with Crippen LogP contribution in [0.1, 0.15) is 22.3 Å². The second kappa shape index (κ2) is 7.19. The Balaban J connectivity index is 1.71. The lowest BCUT2D eigenvalue weighted by atomic mass is 10.2. The van der Waals surface area contributed by atoms with Crippen molar-refractivity contribution in [2.45, 2.75) is 13.3 Å². The summed E-state index contributed by atoms with van der Waals surface area (Å²) >= 11 is 2.93. The predicted molar refractivity (Wildman–Crippen MR) is 104 cm³/mol. The number of para-hydroxylation sites is 1. The molecule has 6 nitrogen and oxygen atoms in total. The van der Waals surface area contributed by atoms with Crippen LogP contribution in [0.15, 0.2) is 54.0 Å². The van der Waals surface area contributed by atoms with E-state index in [2.05, 4.69) is 20.6 Å². The molecule has 0 atom stereocenters. The van der Waals surface area contributed by atoms with Crippen molar-refractivity contribution in [2.24, 2.45) is 0 Å². The molecule has 4 rings (SSSR count). The Bertz CT molecular complexity index is 1020. The molecule has 26 heavy (non-hydrogen) atoms. The second-order valence-electron chi connectivity index (χ2n) is 5.46. The Hall–Kier alpha value is -2.84. The fourth-order valence-corrected chi connectivity index (χ4v) is 3.86. The van der Waals surface area contributed by atoms with E-state index in [1.54, 1.807) is 22.2 Å². The van der Waals surface area contributed by atoms with Crippen molar-refractivity contribution in [3.63, 3.8) is 0 Å². The average molecular weight is 381 g/mol. The third-order valence-corrected chi connectivity index (χ3v) is 5.58. The Morgan fingerprint density at radius 1 is 1.15 bits per heavy atom. The van der Waals surface area contributed by atoms with E-state index in [0.29, 0.717) is 16.4 Å². The van der Waals surface area contributed by atoms with Gasteiger partial charge in [0.25, 0.3) is 5.91 Å². The topological polar surface area (TPSA) is 72.7 Å². The van der Waals surface area contributed by atoms with Gasteiger partial charge in [0.15, 0.2) is 0 Å². The van der Waals surface area contributed by atoms with E-state index in [-0.39, 0.29) is 5.91 Å². The molecule has 0 spiro atoms. The summed E-state index contributed by atoms with van der Waals surface area (Å²) in [6, 6.07) is 13.6. The lowest BCUT2D eigenvalue weighted by Gasteiger charge is -2.00. The van der Waals surface area contributed by atoms with Gasteiger partial charge in [-0.2, -0.15) is 5.10 Å². The minimum atomic E-state index is -0.241. The van der Waals surface area contributed by atoms with E-state index in [9.17, 15) is 4.79 Å². The number of thiophene rings is 1. The first-order valence-electron chi connectivity index (χ1n) is 8.07. The highest BCUT2D eigenvalue weighted by molar-refractivity contribution is 7.15. The third kappa shape index (κ3) is 3.29. The summed E-state index contributed by atoms with van der Waals surface area (Å²) in [7, 11) is 0. The molecule has 130 valence electrons. The summed E-state index contributed by atoms with van der Waals surface area (Å²) in [4.78, 5) is 13.8. The van der Waals surface area contributed by atoms with E-state index in [0.717, 1.165) is 22.0 Å². The fourth-order valence-electron chi connectivity index (χ4n) is 2.46. The van der Waals surface area contributed by atoms with E-state index in [1.165, 1.54) is 11.3 Å². The Labute approximate surface area is 158 Å². The van der Waals surface area contributed by atoms with Crippen LogP contribution in [0.2, 0.25) is 0 Å². The number of anilines is 1. The maximum absolute atomic E-state index is 12.9. The van der Waals surface area contributed by atoms with Crippen molar-refractivity contribution >= 4 is 33.7 Å². The summed E-state index contributed by atoms with van der Waals surface area (Å²) in [5, 5.41) is 18.9. The number of rotatable bonds is 5. The van der Waals surface area contributed by atoms with Gasteiger partial charge in [0.1, 0.15) is 10.7 Å². The molecule has 0 saturated heterocycles. The highest BCUT2D eigenvalue weighted by Gasteiger charge is 2.20. The van der Waals surface area contributed by atoms with E-state index >= 15 is 0 Å². The normalized spacial score (nSPS) is 10.8. The number of hydrogen-bond acceptors (Lipinski definition) is 6. The maximum Gasteiger partial charge on any atom is 0.261 e. The van der Waals surface area contributed by atoms with Crippen LogP contribution in [0.5, 0.6) is 0 Å². The van der Waals surface area contributed by atoms with Crippen LogP contribution < -0.4 is 5.32 Å². The van der Waals surface area contributed by atoms with Gasteiger partial charge in [-0.3, -0.25) is 10.1 Å². The van der Waals surface area contributed by atoms with Gasteiger partial charge in [-0.05, 0) is 30.0 Å². The van der Waals surface area contributed by atoms with Crippen LogP contribution in [-0.4, -0.2) is 25.9 Å². The number of nitrogens with one attached hydrogen (secondary N) is 1. The summed E-state index contributed by atoms with van der Waals surface area (Å²) in [6.45, 7) is 2.00. The van der Waals surface area contributed by atoms with Gasteiger partial charge < -0.3 is 0 Å². The Morgan fingerprint density at radius 2 is 2.00 bits per heavy atom. The number of carbonyl (C=O) groups is 1. The summed E-state index contributed by atoms with van der Waals surface area (Å²) in [5.41, 5.74) is 2.06. The number of carbonyl (C=O) groups excluding carboxylic acids is 1. The zero-order valence-electron chi connectivity index (χ0n) is 13.9. The van der Waals surface area contributed by atoms with Crippen LogP contribution in [0.25, 0.3) is 16.3 Å². The first-order chi connectivity index (χ1) is 12.7. The minimum Gasteiger partial charge on any atom is -0.296 e. The van der Waals surface area contributed by atoms with Crippen molar-refractivity contribution < 1.29 is 4.79 Å². The van der Waals surface area contributed by atoms with E-state index in [4.69, 9.17) is 0 Å². The molecule has 8 heteroatoms. The summed E-state index contributed by atoms with van der Waals surface area (Å²) in [5.74, 6) is -0.241. The van der Waals surface area contributed by atoms with Crippen LogP contribution in [-0.2, 0) is 6.42 Å². The van der Waals surface area contributed by atoms with Crippen molar-refractivity contribution in [3.05, 3.63) is 64.6 Å². The molecule has 0 unspecified atom stereocenters. The zero-order chi connectivity index (χ0) is 17.9. The lowest BCUT2D eigenvalue weighted by Crippen LogP contribution is -2.12. The standard InChI is InChI=1S/C18H15N5OS2/c1-2-15-20-21-18(26-15)19-17(24)13-11-23(12-7-4-3-5-8-12)22-16(13)14-9-6-10-25-14/h3-11H,2H2,1H3,(H,19,21,24). The number of hydrogen-bond donors (Lipinski definition) is 1. The average Bonchev–Trinajstić information content (AvgIpc) is 3.41.